The first kappa shape index (κ1) is 13.5. The minimum atomic E-state index is -0.233. The van der Waals surface area contributed by atoms with E-state index in [-0.39, 0.29) is 6.10 Å². The van der Waals surface area contributed by atoms with Gasteiger partial charge in [0.05, 0.1) is 11.5 Å². The fourth-order valence-corrected chi connectivity index (χ4v) is 4.10. The van der Waals surface area contributed by atoms with Gasteiger partial charge in [-0.05, 0) is 18.4 Å². The number of thiophene rings is 1. The average Bonchev–Trinajstić information content (AvgIpc) is 3.31. The molecule has 2 aromatic heterocycles. The maximum absolute atomic E-state index is 9.70. The van der Waals surface area contributed by atoms with E-state index in [1.807, 2.05) is 6.07 Å². The molecule has 0 spiro atoms. The van der Waals surface area contributed by atoms with Gasteiger partial charge in [-0.3, -0.25) is 0 Å². The van der Waals surface area contributed by atoms with E-state index in [9.17, 15) is 5.11 Å². The topological polar surface area (TPSA) is 49.2 Å². The van der Waals surface area contributed by atoms with Crippen LogP contribution in [0.2, 0.25) is 0 Å². The third-order valence-electron chi connectivity index (χ3n) is 4.62. The lowest BCUT2D eigenvalue weighted by molar-refractivity contribution is 0.141. The standard InChI is InChI=1S/C18H17N3OS/c22-13-8-21(9-13)17-15-14(11-4-2-1-3-5-11)10-23-18(15)20-16(19-17)12-6-7-12/h1-5,10,12-13,22H,6-9H2. The second-order valence-electron chi connectivity index (χ2n) is 6.43. The molecule has 1 saturated heterocycles. The van der Waals surface area contributed by atoms with E-state index in [4.69, 9.17) is 9.97 Å². The van der Waals surface area contributed by atoms with Gasteiger partial charge in [-0.25, -0.2) is 9.97 Å². The van der Waals surface area contributed by atoms with Crippen molar-refractivity contribution in [3.8, 4) is 11.1 Å². The molecule has 116 valence electrons. The third kappa shape index (κ3) is 2.23. The first-order chi connectivity index (χ1) is 11.3. The number of hydrogen-bond acceptors (Lipinski definition) is 5. The van der Waals surface area contributed by atoms with Gasteiger partial charge in [-0.2, -0.15) is 0 Å². The first-order valence-corrected chi connectivity index (χ1v) is 8.95. The van der Waals surface area contributed by atoms with E-state index >= 15 is 0 Å². The van der Waals surface area contributed by atoms with E-state index in [0.29, 0.717) is 19.0 Å². The van der Waals surface area contributed by atoms with Crippen molar-refractivity contribution < 1.29 is 5.11 Å². The zero-order valence-corrected chi connectivity index (χ0v) is 13.5. The van der Waals surface area contributed by atoms with Gasteiger partial charge in [0.25, 0.3) is 0 Å². The summed E-state index contributed by atoms with van der Waals surface area (Å²) in [6.45, 7) is 1.33. The molecule has 23 heavy (non-hydrogen) atoms. The molecule has 2 aliphatic rings. The Bertz CT molecular complexity index is 867. The van der Waals surface area contributed by atoms with Crippen molar-refractivity contribution in [1.82, 2.24) is 9.97 Å². The largest absolute Gasteiger partial charge is 0.389 e. The van der Waals surface area contributed by atoms with E-state index in [2.05, 4.69) is 34.5 Å². The summed E-state index contributed by atoms with van der Waals surface area (Å²) < 4.78 is 0. The highest BCUT2D eigenvalue weighted by molar-refractivity contribution is 7.17. The molecule has 0 bridgehead atoms. The van der Waals surface area contributed by atoms with Gasteiger partial charge in [0.2, 0.25) is 0 Å². The molecule has 1 aromatic carbocycles. The summed E-state index contributed by atoms with van der Waals surface area (Å²) in [5, 5.41) is 13.0. The van der Waals surface area contributed by atoms with Crippen molar-refractivity contribution in [2.24, 2.45) is 0 Å². The Morgan fingerprint density at radius 2 is 1.87 bits per heavy atom. The average molecular weight is 323 g/mol. The molecule has 0 amide bonds. The molecule has 1 N–H and O–H groups in total. The van der Waals surface area contributed by atoms with Crippen molar-refractivity contribution in [3.05, 3.63) is 41.5 Å². The van der Waals surface area contributed by atoms with Crippen LogP contribution in [-0.2, 0) is 0 Å². The number of aliphatic hydroxyl groups excluding tert-OH is 1. The summed E-state index contributed by atoms with van der Waals surface area (Å²) in [7, 11) is 0. The summed E-state index contributed by atoms with van der Waals surface area (Å²) in [4.78, 5) is 13.0. The number of hydrogen-bond donors (Lipinski definition) is 1. The Labute approximate surface area is 138 Å². The monoisotopic (exact) mass is 323 g/mol. The van der Waals surface area contributed by atoms with Gasteiger partial charge in [-0.1, -0.05) is 30.3 Å². The molecule has 0 radical (unpaired) electrons. The van der Waals surface area contributed by atoms with Gasteiger partial charge >= 0.3 is 0 Å². The second kappa shape index (κ2) is 5.01. The first-order valence-electron chi connectivity index (χ1n) is 8.07. The molecule has 5 heteroatoms. The lowest BCUT2D eigenvalue weighted by Gasteiger charge is -2.37. The van der Waals surface area contributed by atoms with Crippen molar-refractivity contribution in [2.45, 2.75) is 24.9 Å². The SMILES string of the molecule is OC1CN(c2nc(C3CC3)nc3scc(-c4ccccc4)c23)C1. The predicted molar refractivity (Wildman–Crippen MR) is 93.0 cm³/mol. The summed E-state index contributed by atoms with van der Waals surface area (Å²) in [5.74, 6) is 2.52. The lowest BCUT2D eigenvalue weighted by Crippen LogP contribution is -2.51. The molecule has 1 aliphatic heterocycles. The number of rotatable bonds is 3. The zero-order chi connectivity index (χ0) is 15.4. The molecule has 5 rings (SSSR count). The smallest absolute Gasteiger partial charge is 0.141 e. The van der Waals surface area contributed by atoms with Crippen LogP contribution in [0, 0.1) is 0 Å². The van der Waals surface area contributed by atoms with Crippen molar-refractivity contribution in [2.75, 3.05) is 18.0 Å². The molecule has 1 saturated carbocycles. The molecular formula is C18H17N3OS. The summed E-state index contributed by atoms with van der Waals surface area (Å²) in [6.07, 6.45) is 2.16. The van der Waals surface area contributed by atoms with Gasteiger partial charge in [0.1, 0.15) is 16.5 Å². The van der Waals surface area contributed by atoms with E-state index in [0.717, 1.165) is 21.9 Å². The van der Waals surface area contributed by atoms with Gasteiger partial charge < -0.3 is 10.0 Å². The van der Waals surface area contributed by atoms with Crippen molar-refractivity contribution >= 4 is 27.4 Å². The number of fused-ring (bicyclic) bond motifs is 1. The van der Waals surface area contributed by atoms with Crippen LogP contribution >= 0.6 is 11.3 Å². The van der Waals surface area contributed by atoms with E-state index in [1.54, 1.807) is 11.3 Å². The quantitative estimate of drug-likeness (QED) is 0.802. The number of β-amino-alcohol motifs (C(OH)–C–C–N with tert-alkyl or cyclic N) is 1. The lowest BCUT2D eigenvalue weighted by atomic mass is 10.0. The summed E-state index contributed by atoms with van der Waals surface area (Å²) in [5.41, 5.74) is 2.40. The molecule has 0 unspecified atom stereocenters. The Morgan fingerprint density at radius 3 is 2.57 bits per heavy atom. The molecule has 0 atom stereocenters. The van der Waals surface area contributed by atoms with Crippen LogP contribution in [0.5, 0.6) is 0 Å². The highest BCUT2D eigenvalue weighted by Crippen LogP contribution is 2.44. The number of aromatic nitrogens is 2. The Kier molecular flexibility index (Phi) is 2.93. The van der Waals surface area contributed by atoms with Gasteiger partial charge in [0, 0.05) is 30.0 Å². The Hall–Kier alpha value is -1.98. The van der Waals surface area contributed by atoms with Crippen LogP contribution in [0.1, 0.15) is 24.6 Å². The van der Waals surface area contributed by atoms with Crippen LogP contribution in [0.4, 0.5) is 5.82 Å². The predicted octanol–water partition coefficient (Wildman–Crippen LogP) is 3.42. The normalized spacial score (nSPS) is 18.4. The van der Waals surface area contributed by atoms with Crippen molar-refractivity contribution in [1.29, 1.82) is 0 Å². The molecule has 2 fully saturated rings. The molecule has 1 aliphatic carbocycles. The van der Waals surface area contributed by atoms with Crippen LogP contribution < -0.4 is 4.90 Å². The summed E-state index contributed by atoms with van der Waals surface area (Å²) in [6, 6.07) is 10.4. The Morgan fingerprint density at radius 1 is 1.09 bits per heavy atom. The number of benzene rings is 1. The number of aliphatic hydroxyl groups is 1. The third-order valence-corrected chi connectivity index (χ3v) is 5.49. The minimum absolute atomic E-state index is 0.233. The molecular weight excluding hydrogens is 306 g/mol. The maximum Gasteiger partial charge on any atom is 0.141 e. The second-order valence-corrected chi connectivity index (χ2v) is 7.29. The number of anilines is 1. The molecule has 3 heterocycles. The van der Waals surface area contributed by atoms with Crippen LogP contribution in [0.25, 0.3) is 21.3 Å². The van der Waals surface area contributed by atoms with E-state index in [1.165, 1.54) is 24.0 Å². The summed E-state index contributed by atoms with van der Waals surface area (Å²) >= 11 is 1.69. The van der Waals surface area contributed by atoms with Crippen LogP contribution in [0.3, 0.4) is 0 Å². The fourth-order valence-electron chi connectivity index (χ4n) is 3.15. The molecule has 3 aromatic rings. The fraction of sp³-hybridized carbons (Fsp3) is 0.333. The van der Waals surface area contributed by atoms with Crippen molar-refractivity contribution in [3.63, 3.8) is 0 Å². The highest BCUT2D eigenvalue weighted by atomic mass is 32.1. The van der Waals surface area contributed by atoms with E-state index < -0.39 is 0 Å². The highest BCUT2D eigenvalue weighted by Gasteiger charge is 2.32. The minimum Gasteiger partial charge on any atom is -0.389 e. The Balaban J connectivity index is 1.71. The van der Waals surface area contributed by atoms with Crippen LogP contribution in [-0.4, -0.2) is 34.3 Å². The van der Waals surface area contributed by atoms with Gasteiger partial charge in [0.15, 0.2) is 0 Å². The van der Waals surface area contributed by atoms with Gasteiger partial charge in [-0.15, -0.1) is 11.3 Å². The molecule has 4 nitrogen and oxygen atoms in total. The number of nitrogens with zero attached hydrogens (tertiary/aromatic N) is 3. The zero-order valence-electron chi connectivity index (χ0n) is 12.6. The maximum atomic E-state index is 9.70. The van der Waals surface area contributed by atoms with Crippen LogP contribution in [0.15, 0.2) is 35.7 Å².